The lowest BCUT2D eigenvalue weighted by atomic mass is 10.1. The van der Waals surface area contributed by atoms with Crippen LogP contribution >= 0.6 is 0 Å². The second kappa shape index (κ2) is 6.43. The molecule has 1 amide bonds. The molecule has 1 heterocycles. The summed E-state index contributed by atoms with van der Waals surface area (Å²) in [4.78, 5) is 11.8. The van der Waals surface area contributed by atoms with Crippen molar-refractivity contribution in [1.29, 1.82) is 0 Å². The van der Waals surface area contributed by atoms with Gasteiger partial charge in [-0.1, -0.05) is 30.3 Å². The minimum absolute atomic E-state index is 0.147. The molecule has 0 saturated carbocycles. The maximum absolute atomic E-state index is 13.1. The largest absolute Gasteiger partial charge is 0.488 e. The number of rotatable bonds is 4. The summed E-state index contributed by atoms with van der Waals surface area (Å²) in [6.45, 7) is 0.397. The van der Waals surface area contributed by atoms with Gasteiger partial charge in [0.15, 0.2) is 0 Å². The van der Waals surface area contributed by atoms with Gasteiger partial charge < -0.3 is 10.1 Å². The van der Waals surface area contributed by atoms with E-state index in [1.807, 2.05) is 30.3 Å². The molecule has 2 aromatic carbocycles. The summed E-state index contributed by atoms with van der Waals surface area (Å²) >= 11 is 0. The molecule has 3 rings (SSSR count). The fraction of sp³-hybridized carbons (Fsp3) is 0.167. The van der Waals surface area contributed by atoms with E-state index in [2.05, 4.69) is 5.32 Å². The Morgan fingerprint density at radius 3 is 2.91 bits per heavy atom. The third-order valence-electron chi connectivity index (χ3n) is 3.49. The van der Waals surface area contributed by atoms with Crippen molar-refractivity contribution in [2.24, 2.45) is 0 Å². The number of hydrogen-bond acceptors (Lipinski definition) is 2. The second-order valence-corrected chi connectivity index (χ2v) is 5.19. The van der Waals surface area contributed by atoms with Gasteiger partial charge in [-0.25, -0.2) is 4.39 Å². The SMILES string of the molecule is O=C(/C=C/c1ccccc1)NC[C@@H]1Cc2cc(F)ccc2O1. The van der Waals surface area contributed by atoms with Gasteiger partial charge in [-0.05, 0) is 29.8 Å². The third kappa shape index (κ3) is 3.52. The molecule has 2 aromatic rings. The van der Waals surface area contributed by atoms with Crippen LogP contribution in [0.4, 0.5) is 4.39 Å². The van der Waals surface area contributed by atoms with E-state index in [1.54, 1.807) is 12.1 Å². The molecule has 4 heteroatoms. The topological polar surface area (TPSA) is 38.3 Å². The van der Waals surface area contributed by atoms with Crippen LogP contribution < -0.4 is 10.1 Å². The fourth-order valence-electron chi connectivity index (χ4n) is 2.41. The van der Waals surface area contributed by atoms with E-state index in [-0.39, 0.29) is 17.8 Å². The molecule has 3 nitrogen and oxygen atoms in total. The molecule has 1 N–H and O–H groups in total. The molecular formula is C18H16FNO2. The van der Waals surface area contributed by atoms with Crippen molar-refractivity contribution in [3.8, 4) is 5.75 Å². The summed E-state index contributed by atoms with van der Waals surface area (Å²) in [5, 5.41) is 2.80. The van der Waals surface area contributed by atoms with Gasteiger partial charge in [-0.3, -0.25) is 4.79 Å². The highest BCUT2D eigenvalue weighted by atomic mass is 19.1. The summed E-state index contributed by atoms with van der Waals surface area (Å²) in [7, 11) is 0. The Balaban J connectivity index is 1.50. The zero-order valence-corrected chi connectivity index (χ0v) is 12.0. The van der Waals surface area contributed by atoms with Crippen molar-refractivity contribution in [1.82, 2.24) is 5.32 Å². The van der Waals surface area contributed by atoms with Crippen molar-refractivity contribution in [2.75, 3.05) is 6.54 Å². The van der Waals surface area contributed by atoms with Crippen LogP contribution in [-0.2, 0) is 11.2 Å². The van der Waals surface area contributed by atoms with Crippen molar-refractivity contribution in [3.63, 3.8) is 0 Å². The van der Waals surface area contributed by atoms with E-state index in [1.165, 1.54) is 18.2 Å². The van der Waals surface area contributed by atoms with Gasteiger partial charge in [0.05, 0.1) is 6.54 Å². The average Bonchev–Trinajstić information content (AvgIpc) is 2.94. The van der Waals surface area contributed by atoms with Crippen molar-refractivity contribution < 1.29 is 13.9 Å². The minimum Gasteiger partial charge on any atom is -0.488 e. The van der Waals surface area contributed by atoms with Crippen LogP contribution in [0.3, 0.4) is 0 Å². The molecule has 0 unspecified atom stereocenters. The molecule has 112 valence electrons. The van der Waals surface area contributed by atoms with E-state index in [9.17, 15) is 9.18 Å². The molecule has 1 aliphatic heterocycles. The van der Waals surface area contributed by atoms with Crippen molar-refractivity contribution in [2.45, 2.75) is 12.5 Å². The first kappa shape index (κ1) is 14.3. The Hall–Kier alpha value is -2.62. The Bertz CT molecular complexity index is 697. The maximum atomic E-state index is 13.1. The molecule has 1 atom stereocenters. The Labute approximate surface area is 128 Å². The minimum atomic E-state index is -0.266. The number of fused-ring (bicyclic) bond motifs is 1. The van der Waals surface area contributed by atoms with Gasteiger partial charge in [-0.2, -0.15) is 0 Å². The number of ether oxygens (including phenoxy) is 1. The summed E-state index contributed by atoms with van der Waals surface area (Å²) < 4.78 is 18.8. The Morgan fingerprint density at radius 1 is 1.27 bits per heavy atom. The van der Waals surface area contributed by atoms with E-state index in [0.29, 0.717) is 18.7 Å². The summed E-state index contributed by atoms with van der Waals surface area (Å²) in [5.41, 5.74) is 1.82. The number of nitrogens with one attached hydrogen (secondary N) is 1. The van der Waals surface area contributed by atoms with Crippen LogP contribution in [0, 0.1) is 5.82 Å². The molecule has 0 fully saturated rings. The standard InChI is InChI=1S/C18H16FNO2/c19-15-7-8-17-14(10-15)11-16(22-17)12-20-18(21)9-6-13-4-2-1-3-5-13/h1-10,16H,11-12H2,(H,20,21)/b9-6+/t16-/m0/s1. The lowest BCUT2D eigenvalue weighted by molar-refractivity contribution is -0.116. The van der Waals surface area contributed by atoms with Crippen LogP contribution in [0.25, 0.3) is 6.08 Å². The summed E-state index contributed by atoms with van der Waals surface area (Å²) in [6.07, 6.45) is 3.72. The molecule has 0 radical (unpaired) electrons. The Kier molecular flexibility index (Phi) is 4.19. The van der Waals surface area contributed by atoms with Crippen molar-refractivity contribution in [3.05, 3.63) is 71.6 Å². The van der Waals surface area contributed by atoms with Gasteiger partial charge in [-0.15, -0.1) is 0 Å². The molecule has 0 aliphatic carbocycles. The van der Waals surface area contributed by atoms with Crippen LogP contribution in [0.1, 0.15) is 11.1 Å². The number of halogens is 1. The normalized spacial score (nSPS) is 16.3. The molecular weight excluding hydrogens is 281 g/mol. The van der Waals surface area contributed by atoms with E-state index >= 15 is 0 Å². The molecule has 0 bridgehead atoms. The predicted molar refractivity (Wildman–Crippen MR) is 83.0 cm³/mol. The zero-order chi connectivity index (χ0) is 15.4. The van der Waals surface area contributed by atoms with Crippen LogP contribution in [0.5, 0.6) is 5.75 Å². The monoisotopic (exact) mass is 297 g/mol. The van der Waals surface area contributed by atoms with Gasteiger partial charge in [0.2, 0.25) is 5.91 Å². The smallest absolute Gasteiger partial charge is 0.244 e. The molecule has 0 saturated heterocycles. The second-order valence-electron chi connectivity index (χ2n) is 5.19. The first-order valence-corrected chi connectivity index (χ1v) is 7.17. The van der Waals surface area contributed by atoms with E-state index in [0.717, 1.165) is 11.1 Å². The third-order valence-corrected chi connectivity index (χ3v) is 3.49. The average molecular weight is 297 g/mol. The number of carbonyl (C=O) groups is 1. The number of amides is 1. The number of benzene rings is 2. The predicted octanol–water partition coefficient (Wildman–Crippen LogP) is 2.96. The Morgan fingerprint density at radius 2 is 2.09 bits per heavy atom. The van der Waals surface area contributed by atoms with Crippen molar-refractivity contribution >= 4 is 12.0 Å². The van der Waals surface area contributed by atoms with Gasteiger partial charge in [0, 0.05) is 18.1 Å². The lowest BCUT2D eigenvalue weighted by Crippen LogP contribution is -2.33. The zero-order valence-electron chi connectivity index (χ0n) is 12.0. The van der Waals surface area contributed by atoms with E-state index < -0.39 is 0 Å². The van der Waals surface area contributed by atoms with Gasteiger partial charge in [0.25, 0.3) is 0 Å². The first-order valence-electron chi connectivity index (χ1n) is 7.17. The first-order chi connectivity index (χ1) is 10.7. The highest BCUT2D eigenvalue weighted by Crippen LogP contribution is 2.28. The molecule has 1 aliphatic rings. The van der Waals surface area contributed by atoms with E-state index in [4.69, 9.17) is 4.74 Å². The summed E-state index contributed by atoms with van der Waals surface area (Å²) in [5.74, 6) is 0.257. The summed E-state index contributed by atoms with van der Waals surface area (Å²) in [6, 6.07) is 14.1. The lowest BCUT2D eigenvalue weighted by Gasteiger charge is -2.10. The quantitative estimate of drug-likeness (QED) is 0.881. The maximum Gasteiger partial charge on any atom is 0.244 e. The van der Waals surface area contributed by atoms with Gasteiger partial charge in [0.1, 0.15) is 17.7 Å². The molecule has 0 spiro atoms. The van der Waals surface area contributed by atoms with Crippen LogP contribution in [0.15, 0.2) is 54.6 Å². The highest BCUT2D eigenvalue weighted by Gasteiger charge is 2.23. The molecule has 22 heavy (non-hydrogen) atoms. The van der Waals surface area contributed by atoms with Gasteiger partial charge >= 0.3 is 0 Å². The number of carbonyl (C=O) groups excluding carboxylic acids is 1. The fourth-order valence-corrected chi connectivity index (χ4v) is 2.41. The molecule has 0 aromatic heterocycles. The number of hydrogen-bond donors (Lipinski definition) is 1. The van der Waals surface area contributed by atoms with Crippen LogP contribution in [0.2, 0.25) is 0 Å². The van der Waals surface area contributed by atoms with Crippen LogP contribution in [-0.4, -0.2) is 18.6 Å². The highest BCUT2D eigenvalue weighted by molar-refractivity contribution is 5.91.